The fraction of sp³-hybridized carbons (Fsp3) is 0.226. The molecule has 1 aliphatic rings. The van der Waals surface area contributed by atoms with Crippen LogP contribution in [0.1, 0.15) is 29.0 Å². The highest BCUT2D eigenvalue weighted by atomic mass is 32.2. The number of nitro benzene ring substituents is 1. The number of thioether (sulfide) groups is 1. The molecule has 0 spiro atoms. The monoisotopic (exact) mass is 585 g/mol. The molecule has 1 N–H and O–H groups in total. The van der Waals surface area contributed by atoms with Gasteiger partial charge in [-0.05, 0) is 46.0 Å². The standard InChI is InChI=1S/C31H27N3O5S2/c35-31(36)33-14-13-26(28(17-33)39-18-21-7-8-22-3-1-2-4-24(22)15-21)23-9-5-20(6-10-23)19-40-30-32-27-12-11-25(34(37)38)16-29(27)41-30/h1-12,15-16,26,28H,13-14,17-19H2,(H,35,36). The van der Waals surface area contributed by atoms with Crippen LogP contribution in [0.25, 0.3) is 21.0 Å². The maximum absolute atomic E-state index is 11.7. The molecule has 41 heavy (non-hydrogen) atoms. The molecule has 0 bridgehead atoms. The second-order valence-corrected chi connectivity index (χ2v) is 12.3. The molecular weight excluding hydrogens is 558 g/mol. The molecule has 6 rings (SSSR count). The molecule has 5 aromatic rings. The fourth-order valence-electron chi connectivity index (χ4n) is 5.25. The predicted octanol–water partition coefficient (Wildman–Crippen LogP) is 7.70. The number of fused-ring (bicyclic) bond motifs is 2. The molecule has 2 atom stereocenters. The number of amides is 1. The minimum atomic E-state index is -0.917. The second-order valence-electron chi connectivity index (χ2n) is 10.1. The van der Waals surface area contributed by atoms with Gasteiger partial charge < -0.3 is 14.7 Å². The number of non-ortho nitro benzene ring substituents is 1. The lowest BCUT2D eigenvalue weighted by Crippen LogP contribution is -2.46. The Balaban J connectivity index is 1.13. The lowest BCUT2D eigenvalue weighted by Gasteiger charge is -2.37. The molecular formula is C31H27N3O5S2. The molecule has 0 aliphatic carbocycles. The van der Waals surface area contributed by atoms with Gasteiger partial charge in [-0.2, -0.15) is 0 Å². The van der Waals surface area contributed by atoms with Gasteiger partial charge in [0.25, 0.3) is 5.69 Å². The number of ether oxygens (including phenoxy) is 1. The van der Waals surface area contributed by atoms with Crippen LogP contribution in [0.2, 0.25) is 0 Å². The third kappa shape index (κ3) is 6.19. The average Bonchev–Trinajstić information content (AvgIpc) is 3.41. The van der Waals surface area contributed by atoms with Gasteiger partial charge in [0.15, 0.2) is 4.34 Å². The van der Waals surface area contributed by atoms with Crippen molar-refractivity contribution in [2.45, 2.75) is 35.1 Å². The number of aromatic nitrogens is 1. The summed E-state index contributed by atoms with van der Waals surface area (Å²) < 4.78 is 8.07. The van der Waals surface area contributed by atoms with Crippen LogP contribution in [0.4, 0.5) is 10.5 Å². The number of carbonyl (C=O) groups is 1. The minimum absolute atomic E-state index is 0.0713. The van der Waals surface area contributed by atoms with Crippen LogP contribution in [-0.4, -0.2) is 45.2 Å². The lowest BCUT2D eigenvalue weighted by atomic mass is 9.86. The first-order valence-electron chi connectivity index (χ1n) is 13.3. The Morgan fingerprint density at radius 1 is 1.05 bits per heavy atom. The smallest absolute Gasteiger partial charge is 0.407 e. The highest BCUT2D eigenvalue weighted by Crippen LogP contribution is 2.35. The Morgan fingerprint density at radius 3 is 2.61 bits per heavy atom. The molecule has 1 aliphatic heterocycles. The largest absolute Gasteiger partial charge is 0.465 e. The van der Waals surface area contributed by atoms with Crippen LogP contribution in [0.3, 0.4) is 0 Å². The van der Waals surface area contributed by atoms with Crippen molar-refractivity contribution in [1.29, 1.82) is 0 Å². The zero-order chi connectivity index (χ0) is 28.3. The average molecular weight is 586 g/mol. The van der Waals surface area contributed by atoms with E-state index < -0.39 is 11.0 Å². The van der Waals surface area contributed by atoms with Crippen molar-refractivity contribution >= 4 is 55.9 Å². The number of nitrogens with zero attached hydrogens (tertiary/aromatic N) is 3. The van der Waals surface area contributed by atoms with Crippen LogP contribution >= 0.6 is 23.1 Å². The summed E-state index contributed by atoms with van der Waals surface area (Å²) in [4.78, 5) is 28.5. The van der Waals surface area contributed by atoms with Crippen LogP contribution in [0.15, 0.2) is 89.3 Å². The van der Waals surface area contributed by atoms with E-state index in [9.17, 15) is 20.0 Å². The molecule has 208 valence electrons. The summed E-state index contributed by atoms with van der Waals surface area (Å²) in [7, 11) is 0. The van der Waals surface area contributed by atoms with Crippen LogP contribution in [-0.2, 0) is 17.1 Å². The van der Waals surface area contributed by atoms with E-state index in [-0.39, 0.29) is 17.7 Å². The topological polar surface area (TPSA) is 106 Å². The van der Waals surface area contributed by atoms with E-state index >= 15 is 0 Å². The van der Waals surface area contributed by atoms with Crippen LogP contribution in [0, 0.1) is 10.1 Å². The van der Waals surface area contributed by atoms with Gasteiger partial charge >= 0.3 is 6.09 Å². The molecule has 1 amide bonds. The van der Waals surface area contributed by atoms with Crippen LogP contribution in [0.5, 0.6) is 0 Å². The van der Waals surface area contributed by atoms with Gasteiger partial charge in [0.05, 0.1) is 34.4 Å². The maximum Gasteiger partial charge on any atom is 0.407 e. The van der Waals surface area contributed by atoms with E-state index in [0.29, 0.717) is 26.1 Å². The summed E-state index contributed by atoms with van der Waals surface area (Å²) in [6.45, 7) is 1.23. The molecule has 1 aromatic heterocycles. The fourth-order valence-corrected chi connectivity index (χ4v) is 7.30. The zero-order valence-electron chi connectivity index (χ0n) is 22.0. The molecule has 8 nitrogen and oxygen atoms in total. The number of nitro groups is 1. The molecule has 0 saturated carbocycles. The number of carboxylic acid groups (broad SMARTS) is 1. The second kappa shape index (κ2) is 11.9. The van der Waals surface area contributed by atoms with Gasteiger partial charge in [0.1, 0.15) is 0 Å². The molecule has 4 aromatic carbocycles. The number of likely N-dealkylation sites (tertiary alicyclic amines) is 1. The number of benzene rings is 4. The number of piperidine rings is 1. The molecule has 10 heteroatoms. The van der Waals surface area contributed by atoms with Crippen molar-refractivity contribution in [2.75, 3.05) is 13.1 Å². The van der Waals surface area contributed by atoms with E-state index in [2.05, 4.69) is 59.6 Å². The van der Waals surface area contributed by atoms with E-state index in [4.69, 9.17) is 4.74 Å². The maximum atomic E-state index is 11.7. The normalized spacial score (nSPS) is 17.2. The molecule has 1 fully saturated rings. The first kappa shape index (κ1) is 27.2. The van der Waals surface area contributed by atoms with Crippen molar-refractivity contribution in [2.24, 2.45) is 0 Å². The summed E-state index contributed by atoms with van der Waals surface area (Å²) >= 11 is 3.07. The van der Waals surface area contributed by atoms with Gasteiger partial charge in [-0.15, -0.1) is 11.3 Å². The van der Waals surface area contributed by atoms with Crippen molar-refractivity contribution in [3.8, 4) is 0 Å². The summed E-state index contributed by atoms with van der Waals surface area (Å²) in [6, 6.07) is 27.7. The third-order valence-electron chi connectivity index (χ3n) is 7.44. The van der Waals surface area contributed by atoms with E-state index in [1.54, 1.807) is 23.9 Å². The van der Waals surface area contributed by atoms with Crippen molar-refractivity contribution in [3.63, 3.8) is 0 Å². The zero-order valence-corrected chi connectivity index (χ0v) is 23.6. The Labute approximate surface area is 244 Å². The highest BCUT2D eigenvalue weighted by molar-refractivity contribution is 8.00. The number of rotatable bonds is 8. The summed E-state index contributed by atoms with van der Waals surface area (Å²) in [5.41, 5.74) is 4.18. The molecule has 2 heterocycles. The molecule has 2 unspecified atom stereocenters. The SMILES string of the molecule is O=C(O)N1CCC(c2ccc(CSc3nc4ccc([N+](=O)[O-])cc4s3)cc2)C(OCc2ccc3ccccc3c2)C1. The first-order chi connectivity index (χ1) is 19.9. The van der Waals surface area contributed by atoms with Gasteiger partial charge in [-0.3, -0.25) is 10.1 Å². The number of hydrogen-bond donors (Lipinski definition) is 1. The van der Waals surface area contributed by atoms with Crippen molar-refractivity contribution < 1.29 is 19.6 Å². The van der Waals surface area contributed by atoms with E-state index in [1.165, 1.54) is 27.7 Å². The number of hydrogen-bond acceptors (Lipinski definition) is 7. The highest BCUT2D eigenvalue weighted by Gasteiger charge is 2.33. The quantitative estimate of drug-likeness (QED) is 0.113. The van der Waals surface area contributed by atoms with Gasteiger partial charge in [-0.1, -0.05) is 72.4 Å². The van der Waals surface area contributed by atoms with Crippen molar-refractivity contribution in [1.82, 2.24) is 9.88 Å². The summed E-state index contributed by atoms with van der Waals surface area (Å²) in [5.74, 6) is 0.814. The summed E-state index contributed by atoms with van der Waals surface area (Å²) in [5, 5.41) is 23.0. The first-order valence-corrected chi connectivity index (χ1v) is 15.1. The van der Waals surface area contributed by atoms with Crippen molar-refractivity contribution in [3.05, 3.63) is 112 Å². The van der Waals surface area contributed by atoms with Crippen LogP contribution < -0.4 is 0 Å². The lowest BCUT2D eigenvalue weighted by molar-refractivity contribution is -0.384. The Bertz CT molecular complexity index is 1720. The van der Waals surface area contributed by atoms with E-state index in [0.717, 1.165) is 42.4 Å². The molecule has 1 saturated heterocycles. The van der Waals surface area contributed by atoms with Gasteiger partial charge in [-0.25, -0.2) is 9.78 Å². The molecule has 0 radical (unpaired) electrons. The van der Waals surface area contributed by atoms with E-state index in [1.807, 2.05) is 12.1 Å². The van der Waals surface area contributed by atoms with Gasteiger partial charge in [0, 0.05) is 30.3 Å². The minimum Gasteiger partial charge on any atom is -0.465 e. The number of thiazole rings is 1. The Hall–Kier alpha value is -3.99. The predicted molar refractivity (Wildman–Crippen MR) is 162 cm³/mol. The summed E-state index contributed by atoms with van der Waals surface area (Å²) in [6.07, 6.45) is -0.474. The van der Waals surface area contributed by atoms with Gasteiger partial charge in [0.2, 0.25) is 0 Å². The Kier molecular flexibility index (Phi) is 7.86. The Morgan fingerprint density at radius 2 is 1.83 bits per heavy atom. The third-order valence-corrected chi connectivity index (χ3v) is 9.67.